The topological polar surface area (TPSA) is 29.1 Å². The lowest BCUT2D eigenvalue weighted by Gasteiger charge is -2.22. The van der Waals surface area contributed by atoms with Crippen LogP contribution >= 0.6 is 0 Å². The number of amides is 1. The van der Waals surface area contributed by atoms with E-state index in [-0.39, 0.29) is 11.8 Å². The van der Waals surface area contributed by atoms with Gasteiger partial charge < -0.3 is 5.32 Å². The molecular formula is C12H12F3NO. The molecule has 1 saturated heterocycles. The Hall–Kier alpha value is -1.52. The summed E-state index contributed by atoms with van der Waals surface area (Å²) in [6.07, 6.45) is -2.78. The van der Waals surface area contributed by atoms with Gasteiger partial charge in [0.05, 0.1) is 11.5 Å². The minimum Gasteiger partial charge on any atom is -0.356 e. The lowest BCUT2D eigenvalue weighted by Crippen LogP contribution is -2.35. The van der Waals surface area contributed by atoms with Crippen LogP contribution in [0.3, 0.4) is 0 Å². The largest absolute Gasteiger partial charge is 0.416 e. The van der Waals surface area contributed by atoms with Gasteiger partial charge in [-0.05, 0) is 30.5 Å². The van der Waals surface area contributed by atoms with Gasteiger partial charge in [0, 0.05) is 6.54 Å². The summed E-state index contributed by atoms with van der Waals surface area (Å²) in [5.74, 6) is -0.415. The number of hydrogen-bond acceptors (Lipinski definition) is 1. The molecule has 0 radical (unpaired) electrons. The fourth-order valence-electron chi connectivity index (χ4n) is 1.99. The zero-order chi connectivity index (χ0) is 12.5. The first-order chi connectivity index (χ1) is 7.98. The Labute approximate surface area is 96.8 Å². The molecule has 1 atom stereocenters. The molecule has 1 aliphatic rings. The van der Waals surface area contributed by atoms with Crippen molar-refractivity contribution in [2.75, 3.05) is 6.54 Å². The van der Waals surface area contributed by atoms with Crippen LogP contribution in [0.15, 0.2) is 24.3 Å². The second kappa shape index (κ2) is 4.39. The summed E-state index contributed by atoms with van der Waals surface area (Å²) in [4.78, 5) is 11.5. The molecule has 0 aliphatic carbocycles. The lowest BCUT2D eigenvalue weighted by atomic mass is 9.90. The maximum Gasteiger partial charge on any atom is 0.416 e. The van der Waals surface area contributed by atoms with Crippen molar-refractivity contribution in [3.05, 3.63) is 35.4 Å². The molecule has 1 amide bonds. The van der Waals surface area contributed by atoms with Crippen LogP contribution in [0.4, 0.5) is 13.2 Å². The lowest BCUT2D eigenvalue weighted by molar-refractivity contribution is -0.137. The molecule has 2 nitrogen and oxygen atoms in total. The highest BCUT2D eigenvalue weighted by Gasteiger charge is 2.31. The van der Waals surface area contributed by atoms with E-state index in [0.29, 0.717) is 18.5 Å². The van der Waals surface area contributed by atoms with E-state index >= 15 is 0 Å². The van der Waals surface area contributed by atoms with Crippen molar-refractivity contribution in [1.29, 1.82) is 0 Å². The second-order valence-corrected chi connectivity index (χ2v) is 4.11. The smallest absolute Gasteiger partial charge is 0.356 e. The van der Waals surface area contributed by atoms with Crippen LogP contribution in [0.5, 0.6) is 0 Å². The Morgan fingerprint density at radius 1 is 1.18 bits per heavy atom. The summed E-state index contributed by atoms with van der Waals surface area (Å²) in [6, 6.07) is 4.82. The number of halogens is 3. The van der Waals surface area contributed by atoms with Crippen molar-refractivity contribution in [3.63, 3.8) is 0 Å². The van der Waals surface area contributed by atoms with Crippen molar-refractivity contribution in [2.45, 2.75) is 24.9 Å². The molecule has 0 saturated carbocycles. The number of carbonyl (C=O) groups excluding carboxylic acids is 1. The molecular weight excluding hydrogens is 231 g/mol. The van der Waals surface area contributed by atoms with Crippen LogP contribution in [-0.4, -0.2) is 12.5 Å². The first kappa shape index (κ1) is 12.0. The van der Waals surface area contributed by atoms with Crippen LogP contribution in [-0.2, 0) is 11.0 Å². The monoisotopic (exact) mass is 243 g/mol. The minimum atomic E-state index is -4.33. The molecule has 1 N–H and O–H groups in total. The number of benzene rings is 1. The predicted octanol–water partition coefficient (Wildman–Crippen LogP) is 2.70. The highest BCUT2D eigenvalue weighted by molar-refractivity contribution is 5.84. The van der Waals surface area contributed by atoms with E-state index in [4.69, 9.17) is 0 Å². The van der Waals surface area contributed by atoms with Crippen LogP contribution in [0.1, 0.15) is 29.9 Å². The highest BCUT2D eigenvalue weighted by atomic mass is 19.4. The van der Waals surface area contributed by atoms with E-state index in [1.807, 2.05) is 0 Å². The van der Waals surface area contributed by atoms with Crippen molar-refractivity contribution in [1.82, 2.24) is 5.32 Å². The molecule has 0 aromatic heterocycles. The molecule has 17 heavy (non-hydrogen) atoms. The average Bonchev–Trinajstić information content (AvgIpc) is 2.29. The molecule has 1 fully saturated rings. The Balaban J connectivity index is 2.20. The van der Waals surface area contributed by atoms with E-state index in [1.165, 1.54) is 12.1 Å². The van der Waals surface area contributed by atoms with E-state index in [2.05, 4.69) is 5.32 Å². The fourth-order valence-corrected chi connectivity index (χ4v) is 1.99. The van der Waals surface area contributed by atoms with Crippen LogP contribution in [0, 0.1) is 0 Å². The first-order valence-corrected chi connectivity index (χ1v) is 5.43. The maximum atomic E-state index is 12.4. The molecule has 0 spiro atoms. The van der Waals surface area contributed by atoms with E-state index in [9.17, 15) is 18.0 Å². The van der Waals surface area contributed by atoms with Gasteiger partial charge in [-0.25, -0.2) is 0 Å². The normalized spacial score (nSPS) is 21.1. The number of rotatable bonds is 1. The van der Waals surface area contributed by atoms with Gasteiger partial charge in [0.15, 0.2) is 0 Å². The molecule has 1 heterocycles. The summed E-state index contributed by atoms with van der Waals surface area (Å²) in [5.41, 5.74) is -0.0346. The van der Waals surface area contributed by atoms with Crippen molar-refractivity contribution in [3.8, 4) is 0 Å². The number of alkyl halides is 3. The van der Waals surface area contributed by atoms with Gasteiger partial charge in [0.25, 0.3) is 0 Å². The number of hydrogen-bond donors (Lipinski definition) is 1. The minimum absolute atomic E-state index is 0.101. The predicted molar refractivity (Wildman–Crippen MR) is 56.4 cm³/mol. The summed E-state index contributed by atoms with van der Waals surface area (Å²) >= 11 is 0. The third-order valence-electron chi connectivity index (χ3n) is 2.93. The molecule has 92 valence electrons. The average molecular weight is 243 g/mol. The molecule has 5 heteroatoms. The second-order valence-electron chi connectivity index (χ2n) is 4.11. The van der Waals surface area contributed by atoms with Gasteiger partial charge in [-0.1, -0.05) is 12.1 Å². The summed E-state index contributed by atoms with van der Waals surface area (Å²) in [7, 11) is 0. The van der Waals surface area contributed by atoms with E-state index in [1.54, 1.807) is 0 Å². The summed E-state index contributed by atoms with van der Waals surface area (Å²) in [5, 5.41) is 2.71. The fraction of sp³-hybridized carbons (Fsp3) is 0.417. The van der Waals surface area contributed by atoms with Gasteiger partial charge in [-0.15, -0.1) is 0 Å². The van der Waals surface area contributed by atoms with Gasteiger partial charge in [0.2, 0.25) is 5.91 Å². The van der Waals surface area contributed by atoms with Crippen LogP contribution in [0.25, 0.3) is 0 Å². The van der Waals surface area contributed by atoms with Crippen LogP contribution < -0.4 is 5.32 Å². The van der Waals surface area contributed by atoms with Gasteiger partial charge in [-0.3, -0.25) is 4.79 Å². The highest BCUT2D eigenvalue weighted by Crippen LogP contribution is 2.31. The Bertz CT molecular complexity index is 411. The number of piperidine rings is 1. The Morgan fingerprint density at radius 2 is 1.82 bits per heavy atom. The molecule has 1 unspecified atom stereocenters. The molecule has 1 aromatic carbocycles. The Kier molecular flexibility index (Phi) is 3.09. The number of carbonyl (C=O) groups is 1. The van der Waals surface area contributed by atoms with Crippen molar-refractivity contribution in [2.24, 2.45) is 0 Å². The molecule has 1 aliphatic heterocycles. The Morgan fingerprint density at radius 3 is 2.35 bits per heavy atom. The van der Waals surface area contributed by atoms with Crippen molar-refractivity contribution >= 4 is 5.91 Å². The molecule has 2 rings (SSSR count). The van der Waals surface area contributed by atoms with Gasteiger partial charge in [0.1, 0.15) is 0 Å². The van der Waals surface area contributed by atoms with E-state index < -0.39 is 11.7 Å². The SMILES string of the molecule is O=C1NCCCC1c1ccc(C(F)(F)F)cc1. The summed E-state index contributed by atoms with van der Waals surface area (Å²) < 4.78 is 37.1. The third-order valence-corrected chi connectivity index (χ3v) is 2.93. The third kappa shape index (κ3) is 2.60. The van der Waals surface area contributed by atoms with Gasteiger partial charge >= 0.3 is 6.18 Å². The number of nitrogens with one attached hydrogen (secondary N) is 1. The zero-order valence-electron chi connectivity index (χ0n) is 9.05. The zero-order valence-corrected chi connectivity index (χ0v) is 9.05. The molecule has 1 aromatic rings. The maximum absolute atomic E-state index is 12.4. The van der Waals surface area contributed by atoms with Crippen molar-refractivity contribution < 1.29 is 18.0 Å². The first-order valence-electron chi connectivity index (χ1n) is 5.43. The van der Waals surface area contributed by atoms with E-state index in [0.717, 1.165) is 18.6 Å². The van der Waals surface area contributed by atoms with Crippen LogP contribution in [0.2, 0.25) is 0 Å². The summed E-state index contributed by atoms with van der Waals surface area (Å²) in [6.45, 7) is 0.649. The quantitative estimate of drug-likeness (QED) is 0.807. The standard InChI is InChI=1S/C12H12F3NO/c13-12(14,15)9-5-3-8(4-6-9)10-2-1-7-16-11(10)17/h3-6,10H,1-2,7H2,(H,16,17). The van der Waals surface area contributed by atoms with Gasteiger partial charge in [-0.2, -0.15) is 13.2 Å². The molecule has 0 bridgehead atoms.